The van der Waals surface area contributed by atoms with Crippen molar-refractivity contribution in [2.24, 2.45) is 0 Å². The summed E-state index contributed by atoms with van der Waals surface area (Å²) >= 11 is 8.92. The molecule has 0 aromatic heterocycles. The second-order valence-corrected chi connectivity index (χ2v) is 6.33. The van der Waals surface area contributed by atoms with Crippen molar-refractivity contribution in [3.8, 4) is 0 Å². The van der Waals surface area contributed by atoms with E-state index in [4.69, 9.17) is 0 Å². The Morgan fingerprint density at radius 3 is 2.29 bits per heavy atom. The Balaban J connectivity index is 3.29. The summed E-state index contributed by atoms with van der Waals surface area (Å²) in [5.41, 5.74) is 3.86. The molecule has 1 rings (SSSR count). The molecule has 0 radical (unpaired) electrons. The van der Waals surface area contributed by atoms with E-state index in [9.17, 15) is 0 Å². The number of benzene rings is 1. The maximum atomic E-state index is 4.62. The van der Waals surface area contributed by atoms with Gasteiger partial charge < -0.3 is 4.90 Å². The molecule has 118 valence electrons. The van der Waals surface area contributed by atoms with Gasteiger partial charge in [0, 0.05) is 29.2 Å². The zero-order chi connectivity index (χ0) is 15.8. The van der Waals surface area contributed by atoms with Crippen LogP contribution >= 0.6 is 25.3 Å². The quantitative estimate of drug-likeness (QED) is 0.556. The topological polar surface area (TPSA) is 3.24 Å². The molecular formula is C18H29NS2. The second-order valence-electron chi connectivity index (χ2n) is 5.59. The summed E-state index contributed by atoms with van der Waals surface area (Å²) in [5, 5.41) is 1.79. The average Bonchev–Trinajstić information content (AvgIpc) is 2.52. The summed E-state index contributed by atoms with van der Waals surface area (Å²) in [4.78, 5) is 3.40. The zero-order valence-electron chi connectivity index (χ0n) is 13.8. The van der Waals surface area contributed by atoms with Gasteiger partial charge in [0.2, 0.25) is 0 Å². The number of thiol groups is 2. The van der Waals surface area contributed by atoms with Gasteiger partial charge in [0.1, 0.15) is 0 Å². The Hall–Kier alpha value is -0.540. The molecule has 1 aromatic carbocycles. The minimum atomic E-state index is 0.574. The number of anilines is 1. The Morgan fingerprint density at radius 2 is 1.81 bits per heavy atom. The van der Waals surface area contributed by atoms with E-state index in [1.807, 2.05) is 0 Å². The van der Waals surface area contributed by atoms with Gasteiger partial charge in [-0.25, -0.2) is 0 Å². The first-order valence-electron chi connectivity index (χ1n) is 8.01. The van der Waals surface area contributed by atoms with Crippen molar-refractivity contribution >= 4 is 35.9 Å². The van der Waals surface area contributed by atoms with Gasteiger partial charge in [0.25, 0.3) is 0 Å². The molecule has 1 unspecified atom stereocenters. The standard InChI is InChI=1S/C18H29NS2/c1-5-10-19(11-6-2)17-9-8-15(14(4)7-3)12-16(17)18(21)13-20/h8-9,12-14,20-21H,5-7,10-11H2,1-4H3. The molecule has 1 atom stereocenters. The van der Waals surface area contributed by atoms with Crippen molar-refractivity contribution in [1.82, 2.24) is 0 Å². The van der Waals surface area contributed by atoms with Crippen LogP contribution < -0.4 is 4.90 Å². The zero-order valence-corrected chi connectivity index (χ0v) is 15.6. The van der Waals surface area contributed by atoms with E-state index in [1.54, 1.807) is 5.41 Å². The molecule has 0 bridgehead atoms. The van der Waals surface area contributed by atoms with Gasteiger partial charge in [-0.3, -0.25) is 0 Å². The first kappa shape index (κ1) is 18.5. The summed E-state index contributed by atoms with van der Waals surface area (Å²) in [6.07, 6.45) is 3.46. The van der Waals surface area contributed by atoms with Gasteiger partial charge in [-0.1, -0.05) is 33.8 Å². The van der Waals surface area contributed by atoms with Crippen LogP contribution in [0.3, 0.4) is 0 Å². The monoisotopic (exact) mass is 323 g/mol. The third-order valence-electron chi connectivity index (χ3n) is 3.93. The molecular weight excluding hydrogens is 294 g/mol. The summed E-state index contributed by atoms with van der Waals surface area (Å²) in [7, 11) is 0. The van der Waals surface area contributed by atoms with Crippen molar-refractivity contribution in [3.63, 3.8) is 0 Å². The molecule has 21 heavy (non-hydrogen) atoms. The van der Waals surface area contributed by atoms with Crippen LogP contribution in [0.1, 0.15) is 64.0 Å². The van der Waals surface area contributed by atoms with E-state index >= 15 is 0 Å². The van der Waals surface area contributed by atoms with Crippen LogP contribution in [0.15, 0.2) is 23.6 Å². The van der Waals surface area contributed by atoms with Crippen LogP contribution in [-0.4, -0.2) is 13.1 Å². The Morgan fingerprint density at radius 1 is 1.19 bits per heavy atom. The van der Waals surface area contributed by atoms with Crippen LogP contribution in [0.4, 0.5) is 5.69 Å². The van der Waals surface area contributed by atoms with E-state index in [0.29, 0.717) is 5.92 Å². The fourth-order valence-corrected chi connectivity index (χ4v) is 2.86. The maximum absolute atomic E-state index is 4.62. The normalized spacial score (nSPS) is 13.3. The smallest absolute Gasteiger partial charge is 0.0451 e. The molecule has 1 aromatic rings. The van der Waals surface area contributed by atoms with Crippen LogP contribution in [-0.2, 0) is 0 Å². The number of hydrogen-bond donors (Lipinski definition) is 2. The first-order valence-corrected chi connectivity index (χ1v) is 8.97. The van der Waals surface area contributed by atoms with E-state index in [2.05, 4.69) is 76.1 Å². The maximum Gasteiger partial charge on any atom is 0.0451 e. The largest absolute Gasteiger partial charge is 0.371 e. The van der Waals surface area contributed by atoms with Crippen molar-refractivity contribution in [2.45, 2.75) is 52.9 Å². The van der Waals surface area contributed by atoms with E-state index in [-0.39, 0.29) is 0 Å². The molecule has 1 nitrogen and oxygen atoms in total. The first-order chi connectivity index (χ1) is 10.1. The van der Waals surface area contributed by atoms with E-state index in [0.717, 1.165) is 37.3 Å². The fourth-order valence-electron chi connectivity index (χ4n) is 2.54. The lowest BCUT2D eigenvalue weighted by molar-refractivity contribution is 0.728. The van der Waals surface area contributed by atoms with Gasteiger partial charge in [0.05, 0.1) is 0 Å². The molecule has 0 spiro atoms. The number of hydrogen-bond acceptors (Lipinski definition) is 3. The molecule has 0 aliphatic carbocycles. The van der Waals surface area contributed by atoms with Gasteiger partial charge in [-0.2, -0.15) is 12.6 Å². The van der Waals surface area contributed by atoms with Crippen LogP contribution in [0.5, 0.6) is 0 Å². The predicted octanol–water partition coefficient (Wildman–Crippen LogP) is 5.98. The van der Waals surface area contributed by atoms with Gasteiger partial charge in [-0.15, -0.1) is 12.6 Å². The van der Waals surface area contributed by atoms with E-state index < -0.39 is 0 Å². The lowest BCUT2D eigenvalue weighted by atomic mass is 9.95. The van der Waals surface area contributed by atoms with Crippen molar-refractivity contribution in [2.75, 3.05) is 18.0 Å². The van der Waals surface area contributed by atoms with Crippen LogP contribution in [0.25, 0.3) is 4.91 Å². The lowest BCUT2D eigenvalue weighted by Gasteiger charge is -2.27. The summed E-state index contributed by atoms with van der Waals surface area (Å²) in [5.74, 6) is 0.574. The summed E-state index contributed by atoms with van der Waals surface area (Å²) < 4.78 is 0. The molecule has 0 amide bonds. The van der Waals surface area contributed by atoms with Crippen molar-refractivity contribution in [3.05, 3.63) is 34.7 Å². The second kappa shape index (κ2) is 9.47. The highest BCUT2D eigenvalue weighted by atomic mass is 32.1. The Bertz CT molecular complexity index is 462. The fraction of sp³-hybridized carbons (Fsp3) is 0.556. The number of rotatable bonds is 8. The van der Waals surface area contributed by atoms with Crippen LogP contribution in [0.2, 0.25) is 0 Å². The highest BCUT2D eigenvalue weighted by molar-refractivity contribution is 7.92. The van der Waals surface area contributed by atoms with Gasteiger partial charge in [0.15, 0.2) is 0 Å². The summed E-state index contributed by atoms with van der Waals surface area (Å²) in [6, 6.07) is 6.82. The van der Waals surface area contributed by atoms with E-state index in [1.165, 1.54) is 16.8 Å². The van der Waals surface area contributed by atoms with Crippen LogP contribution in [0, 0.1) is 0 Å². The highest BCUT2D eigenvalue weighted by Gasteiger charge is 2.14. The third kappa shape index (κ3) is 5.00. The molecule has 0 N–H and O–H groups in total. The molecule has 0 heterocycles. The van der Waals surface area contributed by atoms with Gasteiger partial charge in [-0.05, 0) is 48.3 Å². The molecule has 0 saturated heterocycles. The molecule has 0 fully saturated rings. The molecule has 0 aliphatic rings. The number of nitrogens with zero attached hydrogens (tertiary/aromatic N) is 1. The van der Waals surface area contributed by atoms with Crippen molar-refractivity contribution in [1.29, 1.82) is 0 Å². The SMILES string of the molecule is CCCN(CCC)c1ccc(C(C)CC)cc1C(S)=CS. The molecule has 0 aliphatic heterocycles. The molecule has 3 heteroatoms. The average molecular weight is 324 g/mol. The Labute approximate surface area is 141 Å². The molecule has 0 saturated carbocycles. The predicted molar refractivity (Wildman–Crippen MR) is 104 cm³/mol. The lowest BCUT2D eigenvalue weighted by Crippen LogP contribution is -2.25. The Kier molecular flexibility index (Phi) is 8.35. The minimum Gasteiger partial charge on any atom is -0.371 e. The summed E-state index contributed by atoms with van der Waals surface area (Å²) in [6.45, 7) is 11.1. The third-order valence-corrected chi connectivity index (χ3v) is 4.76. The minimum absolute atomic E-state index is 0.574. The highest BCUT2D eigenvalue weighted by Crippen LogP contribution is 2.33. The van der Waals surface area contributed by atoms with Crippen molar-refractivity contribution < 1.29 is 0 Å². The van der Waals surface area contributed by atoms with Gasteiger partial charge >= 0.3 is 0 Å².